The summed E-state index contributed by atoms with van der Waals surface area (Å²) >= 11 is 0. The molecule has 2 heterocycles. The van der Waals surface area contributed by atoms with Crippen molar-refractivity contribution >= 4 is 11.8 Å². The number of piperidine rings is 1. The van der Waals surface area contributed by atoms with E-state index in [0.717, 1.165) is 17.4 Å². The Morgan fingerprint density at radius 2 is 1.94 bits per heavy atom. The summed E-state index contributed by atoms with van der Waals surface area (Å²) in [5.74, 6) is 0.180. The molecule has 3 aromatic rings. The number of hydrogen-bond donors (Lipinski definition) is 1. The number of rotatable bonds is 5. The van der Waals surface area contributed by atoms with Crippen LogP contribution < -0.4 is 26.6 Å². The fourth-order valence-corrected chi connectivity index (χ4v) is 4.07. The van der Waals surface area contributed by atoms with Gasteiger partial charge < -0.3 is 15.4 Å². The van der Waals surface area contributed by atoms with Crippen molar-refractivity contribution in [3.05, 3.63) is 92.1 Å². The molecule has 9 nitrogen and oxygen atoms in total. The van der Waals surface area contributed by atoms with Gasteiger partial charge in [0.1, 0.15) is 11.6 Å². The number of nitrogens with zero attached hydrogens (tertiary/aromatic N) is 4. The molecule has 1 aliphatic rings. The SMILES string of the molecule is Cn1c(=O)cc(N2CCC[C@@H](N)C2)n(Cc2cc(OC(=O)c3ccccc3)ccc2C#N)c1=O. The van der Waals surface area contributed by atoms with Crippen LogP contribution in [0, 0.1) is 11.3 Å². The van der Waals surface area contributed by atoms with Gasteiger partial charge in [0.05, 0.1) is 23.7 Å². The van der Waals surface area contributed by atoms with E-state index in [1.807, 2.05) is 4.90 Å². The molecule has 0 aliphatic carbocycles. The summed E-state index contributed by atoms with van der Waals surface area (Å²) in [6.07, 6.45) is 1.72. The van der Waals surface area contributed by atoms with Gasteiger partial charge in [-0.25, -0.2) is 9.59 Å². The van der Waals surface area contributed by atoms with Crippen molar-refractivity contribution in [2.75, 3.05) is 18.0 Å². The van der Waals surface area contributed by atoms with E-state index in [1.165, 1.54) is 23.7 Å². The molecular weight excluding hydrogens is 434 g/mol. The van der Waals surface area contributed by atoms with Gasteiger partial charge in [0.15, 0.2) is 0 Å². The molecule has 0 bridgehead atoms. The van der Waals surface area contributed by atoms with E-state index < -0.39 is 17.2 Å². The summed E-state index contributed by atoms with van der Waals surface area (Å²) in [6, 6.07) is 16.7. The Hall–Kier alpha value is -4.16. The predicted octanol–water partition coefficient (Wildman–Crippen LogP) is 1.61. The molecule has 0 unspecified atom stereocenters. The van der Waals surface area contributed by atoms with Crippen molar-refractivity contribution in [3.63, 3.8) is 0 Å². The average Bonchev–Trinajstić information content (AvgIpc) is 2.85. The fraction of sp³-hybridized carbons (Fsp3) is 0.280. The Morgan fingerprint density at radius 1 is 1.18 bits per heavy atom. The minimum atomic E-state index is -0.529. The number of benzene rings is 2. The number of ether oxygens (including phenoxy) is 1. The highest BCUT2D eigenvalue weighted by Crippen LogP contribution is 2.23. The first-order valence-corrected chi connectivity index (χ1v) is 11.0. The molecule has 34 heavy (non-hydrogen) atoms. The topological polar surface area (TPSA) is 123 Å². The van der Waals surface area contributed by atoms with Crippen LogP contribution >= 0.6 is 0 Å². The Bertz CT molecular complexity index is 1370. The highest BCUT2D eigenvalue weighted by Gasteiger charge is 2.22. The third-order valence-electron chi connectivity index (χ3n) is 5.91. The number of aromatic nitrogens is 2. The maximum Gasteiger partial charge on any atom is 0.343 e. The number of carbonyl (C=O) groups is 1. The molecular formula is C25H25N5O4. The number of esters is 1. The lowest BCUT2D eigenvalue weighted by atomic mass is 10.1. The molecule has 0 amide bonds. The quantitative estimate of drug-likeness (QED) is 0.454. The molecule has 1 aliphatic heterocycles. The molecule has 0 saturated carbocycles. The lowest BCUT2D eigenvalue weighted by Gasteiger charge is -2.34. The van der Waals surface area contributed by atoms with Gasteiger partial charge >= 0.3 is 11.7 Å². The molecule has 0 spiro atoms. The van der Waals surface area contributed by atoms with Crippen molar-refractivity contribution in [1.82, 2.24) is 9.13 Å². The molecule has 1 atom stereocenters. The second-order valence-electron chi connectivity index (χ2n) is 8.30. The Morgan fingerprint density at radius 3 is 2.65 bits per heavy atom. The monoisotopic (exact) mass is 459 g/mol. The maximum absolute atomic E-state index is 13.1. The van der Waals surface area contributed by atoms with Gasteiger partial charge in [-0.2, -0.15) is 5.26 Å². The second-order valence-corrected chi connectivity index (χ2v) is 8.30. The first-order valence-electron chi connectivity index (χ1n) is 11.0. The van der Waals surface area contributed by atoms with Crippen LogP contribution in [0.25, 0.3) is 0 Å². The summed E-state index contributed by atoms with van der Waals surface area (Å²) in [5, 5.41) is 9.64. The second kappa shape index (κ2) is 9.77. The van der Waals surface area contributed by atoms with Gasteiger partial charge in [-0.3, -0.25) is 13.9 Å². The van der Waals surface area contributed by atoms with E-state index in [0.29, 0.717) is 35.6 Å². The molecule has 174 valence electrons. The average molecular weight is 460 g/mol. The molecule has 2 aromatic carbocycles. The number of hydrogen-bond acceptors (Lipinski definition) is 7. The molecule has 1 fully saturated rings. The summed E-state index contributed by atoms with van der Waals surface area (Å²) in [7, 11) is 1.41. The molecule has 0 radical (unpaired) electrons. The van der Waals surface area contributed by atoms with E-state index in [1.54, 1.807) is 42.5 Å². The van der Waals surface area contributed by atoms with E-state index in [9.17, 15) is 19.6 Å². The van der Waals surface area contributed by atoms with Crippen LogP contribution in [0.2, 0.25) is 0 Å². The van der Waals surface area contributed by atoms with Gasteiger partial charge in [-0.05, 0) is 48.7 Å². The molecule has 1 saturated heterocycles. The number of carbonyl (C=O) groups excluding carboxylic acids is 1. The van der Waals surface area contributed by atoms with Gasteiger partial charge in [0.25, 0.3) is 5.56 Å². The highest BCUT2D eigenvalue weighted by molar-refractivity contribution is 5.91. The fourth-order valence-electron chi connectivity index (χ4n) is 4.07. The minimum absolute atomic E-state index is 0.0215. The van der Waals surface area contributed by atoms with E-state index in [-0.39, 0.29) is 18.3 Å². The molecule has 2 N–H and O–H groups in total. The normalized spacial score (nSPS) is 15.6. The number of anilines is 1. The summed E-state index contributed by atoms with van der Waals surface area (Å²) in [5.41, 5.74) is 6.43. The Balaban J connectivity index is 1.72. The third-order valence-corrected chi connectivity index (χ3v) is 5.91. The third kappa shape index (κ3) is 4.77. The van der Waals surface area contributed by atoms with E-state index in [2.05, 4.69) is 6.07 Å². The van der Waals surface area contributed by atoms with Gasteiger partial charge in [0.2, 0.25) is 0 Å². The first kappa shape index (κ1) is 23.0. The lowest BCUT2D eigenvalue weighted by molar-refractivity contribution is 0.0734. The highest BCUT2D eigenvalue weighted by atomic mass is 16.5. The first-order chi connectivity index (χ1) is 16.4. The maximum atomic E-state index is 13.1. The van der Waals surface area contributed by atoms with Crippen molar-refractivity contribution in [3.8, 4) is 11.8 Å². The predicted molar refractivity (Wildman–Crippen MR) is 127 cm³/mol. The Labute approximate surface area is 196 Å². The molecule has 4 rings (SSSR count). The van der Waals surface area contributed by atoms with Crippen LogP contribution in [-0.4, -0.2) is 34.2 Å². The smallest absolute Gasteiger partial charge is 0.343 e. The van der Waals surface area contributed by atoms with Crippen LogP contribution in [0.15, 0.2) is 64.2 Å². The molecule has 1 aromatic heterocycles. The van der Waals surface area contributed by atoms with Crippen molar-refractivity contribution in [2.45, 2.75) is 25.4 Å². The lowest BCUT2D eigenvalue weighted by Crippen LogP contribution is -2.47. The van der Waals surface area contributed by atoms with Crippen molar-refractivity contribution in [1.29, 1.82) is 5.26 Å². The number of nitrogens with two attached hydrogens (primary N) is 1. The zero-order valence-electron chi connectivity index (χ0n) is 18.8. The summed E-state index contributed by atoms with van der Waals surface area (Å²) in [6.45, 7) is 1.21. The molecule has 9 heteroatoms. The Kier molecular flexibility index (Phi) is 6.61. The van der Waals surface area contributed by atoms with Crippen LogP contribution in [0.1, 0.15) is 34.3 Å². The summed E-state index contributed by atoms with van der Waals surface area (Å²) in [4.78, 5) is 39.9. The van der Waals surface area contributed by atoms with Gasteiger partial charge in [-0.1, -0.05) is 18.2 Å². The van der Waals surface area contributed by atoms with Crippen molar-refractivity contribution < 1.29 is 9.53 Å². The zero-order valence-corrected chi connectivity index (χ0v) is 18.8. The largest absolute Gasteiger partial charge is 0.423 e. The van der Waals surface area contributed by atoms with Crippen LogP contribution in [-0.2, 0) is 13.6 Å². The standard InChI is InChI=1S/C25H25N5O4/c1-28-23(31)13-22(29-11-5-8-20(27)16-29)30(25(28)33)15-19-12-21(10-9-18(19)14-26)34-24(32)17-6-3-2-4-7-17/h2-4,6-7,9-10,12-13,20H,5,8,11,15-16,27H2,1H3/t20-/m1/s1. The number of nitriles is 1. The van der Waals surface area contributed by atoms with E-state index >= 15 is 0 Å². The van der Waals surface area contributed by atoms with E-state index in [4.69, 9.17) is 10.5 Å². The van der Waals surface area contributed by atoms with Crippen LogP contribution in [0.5, 0.6) is 5.75 Å². The van der Waals surface area contributed by atoms with Crippen molar-refractivity contribution in [2.24, 2.45) is 12.8 Å². The van der Waals surface area contributed by atoms with Crippen LogP contribution in [0.3, 0.4) is 0 Å². The minimum Gasteiger partial charge on any atom is -0.423 e. The van der Waals surface area contributed by atoms with Gasteiger partial charge in [-0.15, -0.1) is 0 Å². The summed E-state index contributed by atoms with van der Waals surface area (Å²) < 4.78 is 7.98. The van der Waals surface area contributed by atoms with Crippen LogP contribution in [0.4, 0.5) is 5.82 Å². The van der Waals surface area contributed by atoms with Gasteiger partial charge in [0, 0.05) is 32.2 Å². The zero-order chi connectivity index (χ0) is 24.2.